The summed E-state index contributed by atoms with van der Waals surface area (Å²) >= 11 is 5.63. The Kier molecular flexibility index (Phi) is 6.65. The molecule has 0 radical (unpaired) electrons. The standard InChI is InChI=1S/C25H26N2O2S/c1-25(2,3)20-13-11-19(12-14-20)23(29)22(27-15-7-8-18(16-27)17-28)24(30)26-21-9-5-4-6-10-21/h4-16,28H,17H2,1-3H3,(H-,26,29,30). The summed E-state index contributed by atoms with van der Waals surface area (Å²) in [4.78, 5) is 0.311. The molecule has 1 heterocycles. The van der Waals surface area contributed by atoms with E-state index in [4.69, 9.17) is 12.2 Å². The van der Waals surface area contributed by atoms with Gasteiger partial charge in [0.1, 0.15) is 0 Å². The van der Waals surface area contributed by atoms with Crippen molar-refractivity contribution in [2.24, 2.45) is 0 Å². The molecule has 0 fully saturated rings. The highest BCUT2D eigenvalue weighted by atomic mass is 32.1. The second-order valence-corrected chi connectivity index (χ2v) is 8.51. The Bertz CT molecular complexity index is 1050. The van der Waals surface area contributed by atoms with Crippen molar-refractivity contribution in [1.29, 1.82) is 0 Å². The minimum atomic E-state index is -0.191. The summed E-state index contributed by atoms with van der Waals surface area (Å²) in [5.41, 5.74) is 3.52. The summed E-state index contributed by atoms with van der Waals surface area (Å²) in [6.07, 6.45) is 3.48. The summed E-state index contributed by atoms with van der Waals surface area (Å²) in [6.45, 7) is 6.28. The van der Waals surface area contributed by atoms with Crippen LogP contribution in [0.15, 0.2) is 79.1 Å². The topological polar surface area (TPSA) is 59.2 Å². The first-order valence-electron chi connectivity index (χ1n) is 9.79. The van der Waals surface area contributed by atoms with E-state index < -0.39 is 0 Å². The molecule has 0 bridgehead atoms. The number of pyridine rings is 1. The van der Waals surface area contributed by atoms with E-state index in [-0.39, 0.29) is 17.8 Å². The minimum Gasteiger partial charge on any atom is -0.867 e. The second-order valence-electron chi connectivity index (χ2n) is 8.10. The van der Waals surface area contributed by atoms with Crippen LogP contribution in [0.5, 0.6) is 0 Å². The van der Waals surface area contributed by atoms with Crippen molar-refractivity contribution >= 4 is 34.3 Å². The molecule has 0 aliphatic carbocycles. The highest BCUT2D eigenvalue weighted by Gasteiger charge is 2.20. The number of benzene rings is 2. The quantitative estimate of drug-likeness (QED) is 0.286. The first kappa shape index (κ1) is 21.7. The van der Waals surface area contributed by atoms with E-state index in [0.717, 1.165) is 11.3 Å². The van der Waals surface area contributed by atoms with Gasteiger partial charge in [-0.15, -0.1) is 0 Å². The van der Waals surface area contributed by atoms with Gasteiger partial charge < -0.3 is 15.5 Å². The fourth-order valence-electron chi connectivity index (χ4n) is 3.06. The lowest BCUT2D eigenvalue weighted by Gasteiger charge is -2.21. The predicted molar refractivity (Wildman–Crippen MR) is 123 cm³/mol. The third kappa shape index (κ3) is 5.12. The number of hydrogen-bond donors (Lipinski definition) is 2. The van der Waals surface area contributed by atoms with Gasteiger partial charge in [0.05, 0.1) is 6.61 Å². The molecule has 2 N–H and O–H groups in total. The Hall–Kier alpha value is -3.02. The fraction of sp³-hybridized carbons (Fsp3) is 0.200. The smallest absolute Gasteiger partial charge is 0.238 e. The summed E-state index contributed by atoms with van der Waals surface area (Å²) < 4.78 is 1.67. The zero-order valence-electron chi connectivity index (χ0n) is 17.4. The highest BCUT2D eigenvalue weighted by molar-refractivity contribution is 7.81. The van der Waals surface area contributed by atoms with Gasteiger partial charge in [0.25, 0.3) is 0 Å². The van der Waals surface area contributed by atoms with Gasteiger partial charge in [0, 0.05) is 17.3 Å². The largest absolute Gasteiger partial charge is 0.867 e. The molecule has 2 aromatic carbocycles. The first-order valence-corrected chi connectivity index (χ1v) is 10.2. The summed E-state index contributed by atoms with van der Waals surface area (Å²) in [5, 5.41) is 26.2. The maximum Gasteiger partial charge on any atom is 0.238 e. The van der Waals surface area contributed by atoms with Crippen LogP contribution in [0.1, 0.15) is 37.5 Å². The summed E-state index contributed by atoms with van der Waals surface area (Å²) in [6, 6.07) is 20.7. The molecule has 1 aromatic heterocycles. The molecule has 0 saturated heterocycles. The number of rotatable bonds is 5. The molecule has 0 aliphatic rings. The molecular formula is C25H26N2O2S. The van der Waals surface area contributed by atoms with Crippen LogP contribution in [0.3, 0.4) is 0 Å². The normalized spacial score (nSPS) is 12.3. The van der Waals surface area contributed by atoms with Crippen molar-refractivity contribution in [1.82, 2.24) is 0 Å². The van der Waals surface area contributed by atoms with Gasteiger partial charge in [0.2, 0.25) is 5.70 Å². The predicted octanol–water partition coefficient (Wildman–Crippen LogP) is 3.89. The Balaban J connectivity index is 2.08. The van der Waals surface area contributed by atoms with Gasteiger partial charge in [-0.25, -0.2) is 0 Å². The van der Waals surface area contributed by atoms with E-state index >= 15 is 0 Å². The van der Waals surface area contributed by atoms with E-state index in [1.54, 1.807) is 29.1 Å². The molecule has 154 valence electrons. The fourth-order valence-corrected chi connectivity index (χ4v) is 3.38. The number of hydrogen-bond acceptors (Lipinski definition) is 3. The SMILES string of the molecule is CC(C)(C)c1ccc(C([O-])=C(C(=S)Nc2ccccc2)[n+]2cccc(CO)c2)cc1. The van der Waals surface area contributed by atoms with Crippen molar-refractivity contribution in [3.05, 3.63) is 95.8 Å². The van der Waals surface area contributed by atoms with Gasteiger partial charge in [-0.3, -0.25) is 0 Å². The second kappa shape index (κ2) is 9.20. The molecule has 0 saturated carbocycles. The number of nitrogens with one attached hydrogen (secondary N) is 1. The molecule has 0 amide bonds. The number of para-hydroxylation sites is 1. The zero-order chi connectivity index (χ0) is 21.7. The van der Waals surface area contributed by atoms with Crippen LogP contribution >= 0.6 is 12.2 Å². The molecular weight excluding hydrogens is 392 g/mol. The van der Waals surface area contributed by atoms with Crippen molar-refractivity contribution < 1.29 is 14.8 Å². The van der Waals surface area contributed by atoms with Gasteiger partial charge in [0.15, 0.2) is 17.4 Å². The maximum atomic E-state index is 13.5. The van der Waals surface area contributed by atoms with E-state index in [1.807, 2.05) is 54.6 Å². The lowest BCUT2D eigenvalue weighted by molar-refractivity contribution is -0.578. The Morgan fingerprint density at radius 1 is 1.00 bits per heavy atom. The van der Waals surface area contributed by atoms with Crippen LogP contribution in [0.25, 0.3) is 11.5 Å². The minimum absolute atomic E-state index is 0.00248. The zero-order valence-corrected chi connectivity index (χ0v) is 18.2. The number of aliphatic hydroxyl groups excluding tert-OH is 1. The molecule has 5 heteroatoms. The average molecular weight is 419 g/mol. The van der Waals surface area contributed by atoms with Crippen molar-refractivity contribution in [3.8, 4) is 0 Å². The number of aromatic nitrogens is 1. The van der Waals surface area contributed by atoms with Crippen LogP contribution in [0.2, 0.25) is 0 Å². The lowest BCUT2D eigenvalue weighted by Crippen LogP contribution is -2.40. The van der Waals surface area contributed by atoms with Crippen molar-refractivity contribution in [3.63, 3.8) is 0 Å². The molecule has 0 unspecified atom stereocenters. The third-order valence-corrected chi connectivity index (χ3v) is 5.07. The molecule has 0 atom stereocenters. The Morgan fingerprint density at radius 3 is 2.27 bits per heavy atom. The number of nitrogens with zero attached hydrogens (tertiary/aromatic N) is 1. The van der Waals surface area contributed by atoms with Gasteiger partial charge >= 0.3 is 0 Å². The van der Waals surface area contributed by atoms with Crippen LogP contribution < -0.4 is 15.0 Å². The van der Waals surface area contributed by atoms with Gasteiger partial charge in [-0.05, 0) is 40.5 Å². The highest BCUT2D eigenvalue weighted by Crippen LogP contribution is 2.24. The van der Waals surface area contributed by atoms with Crippen LogP contribution in [-0.2, 0) is 12.0 Å². The lowest BCUT2D eigenvalue weighted by atomic mass is 9.86. The Labute approximate surface area is 183 Å². The van der Waals surface area contributed by atoms with Crippen molar-refractivity contribution in [2.75, 3.05) is 5.32 Å². The average Bonchev–Trinajstić information content (AvgIpc) is 2.74. The van der Waals surface area contributed by atoms with E-state index in [9.17, 15) is 10.2 Å². The van der Waals surface area contributed by atoms with Gasteiger partial charge in [-0.1, -0.05) is 75.5 Å². The summed E-state index contributed by atoms with van der Waals surface area (Å²) in [5.74, 6) is -0.191. The van der Waals surface area contributed by atoms with E-state index in [2.05, 4.69) is 26.1 Å². The number of aliphatic hydroxyl groups is 1. The number of thiocarbonyl (C=S) groups is 1. The number of anilines is 1. The monoisotopic (exact) mass is 418 g/mol. The molecule has 4 nitrogen and oxygen atoms in total. The molecule has 0 aliphatic heterocycles. The van der Waals surface area contributed by atoms with E-state index in [1.165, 1.54) is 0 Å². The van der Waals surface area contributed by atoms with Crippen molar-refractivity contribution in [2.45, 2.75) is 32.8 Å². The molecule has 3 aromatic rings. The molecule has 0 spiro atoms. The molecule has 3 rings (SSSR count). The van der Waals surface area contributed by atoms with Crippen LogP contribution in [0.4, 0.5) is 5.69 Å². The van der Waals surface area contributed by atoms with Gasteiger partial charge in [-0.2, -0.15) is 4.57 Å². The first-order chi connectivity index (χ1) is 14.3. The van der Waals surface area contributed by atoms with Crippen LogP contribution in [-0.4, -0.2) is 10.1 Å². The summed E-state index contributed by atoms with van der Waals surface area (Å²) in [7, 11) is 0. The molecule has 30 heavy (non-hydrogen) atoms. The maximum absolute atomic E-state index is 13.5. The van der Waals surface area contributed by atoms with Crippen LogP contribution in [0, 0.1) is 0 Å². The Morgan fingerprint density at radius 2 is 1.67 bits per heavy atom. The third-order valence-electron chi connectivity index (χ3n) is 4.78. The van der Waals surface area contributed by atoms with E-state index in [0.29, 0.717) is 21.8 Å².